The minimum atomic E-state index is 0.0690. The highest BCUT2D eigenvalue weighted by Crippen LogP contribution is 2.32. The van der Waals surface area contributed by atoms with Gasteiger partial charge in [-0.2, -0.15) is 0 Å². The lowest BCUT2D eigenvalue weighted by Gasteiger charge is -2.34. The molecule has 2 heterocycles. The summed E-state index contributed by atoms with van der Waals surface area (Å²) < 4.78 is 0. The maximum atomic E-state index is 12.6. The van der Waals surface area contributed by atoms with E-state index in [1.165, 1.54) is 11.3 Å². The zero-order chi connectivity index (χ0) is 18.1. The van der Waals surface area contributed by atoms with Crippen LogP contribution in [0.15, 0.2) is 29.6 Å². The van der Waals surface area contributed by atoms with Crippen molar-refractivity contribution >= 4 is 34.8 Å². The van der Waals surface area contributed by atoms with E-state index in [-0.39, 0.29) is 24.2 Å². The molecule has 0 bridgehead atoms. The van der Waals surface area contributed by atoms with E-state index in [2.05, 4.69) is 4.98 Å². The van der Waals surface area contributed by atoms with E-state index in [1.54, 1.807) is 0 Å². The van der Waals surface area contributed by atoms with E-state index in [9.17, 15) is 9.59 Å². The van der Waals surface area contributed by atoms with Crippen molar-refractivity contribution in [3.63, 3.8) is 0 Å². The number of thiazole rings is 1. The van der Waals surface area contributed by atoms with Gasteiger partial charge in [-0.05, 0) is 18.9 Å². The smallest absolute Gasteiger partial charge is 0.228 e. The fourth-order valence-electron chi connectivity index (χ4n) is 3.18. The van der Waals surface area contributed by atoms with Gasteiger partial charge in [0.25, 0.3) is 0 Å². The lowest BCUT2D eigenvalue weighted by atomic mass is 10.2. The molecule has 1 saturated heterocycles. The molecule has 1 saturated carbocycles. The zero-order valence-electron chi connectivity index (χ0n) is 14.4. The molecule has 2 aliphatic rings. The van der Waals surface area contributed by atoms with Crippen molar-refractivity contribution < 1.29 is 9.59 Å². The normalized spacial score (nSPS) is 17.4. The summed E-state index contributed by atoms with van der Waals surface area (Å²) in [6.07, 6.45) is 2.34. The molecule has 136 valence electrons. The first kappa shape index (κ1) is 17.5. The van der Waals surface area contributed by atoms with Gasteiger partial charge < -0.3 is 9.80 Å². The highest BCUT2D eigenvalue weighted by molar-refractivity contribution is 7.13. The SMILES string of the molecule is O=C(Cc1csc(-c2ccccc2Cl)n1)N1CCN(C(=O)C2CC2)CC1. The number of aromatic nitrogens is 1. The highest BCUT2D eigenvalue weighted by Gasteiger charge is 2.35. The fourth-order valence-corrected chi connectivity index (χ4v) is 4.32. The van der Waals surface area contributed by atoms with Crippen molar-refractivity contribution in [2.45, 2.75) is 19.3 Å². The Balaban J connectivity index is 1.34. The Morgan fingerprint density at radius 1 is 1.12 bits per heavy atom. The third-order valence-electron chi connectivity index (χ3n) is 4.86. The molecular formula is C19H20ClN3O2S. The quantitative estimate of drug-likeness (QED) is 0.807. The molecule has 1 aliphatic heterocycles. The Morgan fingerprint density at radius 3 is 2.50 bits per heavy atom. The van der Waals surface area contributed by atoms with Crippen LogP contribution in [0.3, 0.4) is 0 Å². The lowest BCUT2D eigenvalue weighted by Crippen LogP contribution is -2.51. The number of amides is 2. The topological polar surface area (TPSA) is 53.5 Å². The first-order chi connectivity index (χ1) is 12.6. The molecule has 0 spiro atoms. The van der Waals surface area contributed by atoms with E-state index in [1.807, 2.05) is 39.4 Å². The van der Waals surface area contributed by atoms with Crippen molar-refractivity contribution in [2.24, 2.45) is 5.92 Å². The molecule has 0 atom stereocenters. The molecule has 1 aliphatic carbocycles. The lowest BCUT2D eigenvalue weighted by molar-refractivity contribution is -0.140. The van der Waals surface area contributed by atoms with Gasteiger partial charge in [0, 0.05) is 43.0 Å². The van der Waals surface area contributed by atoms with Crippen LogP contribution in [0.2, 0.25) is 5.02 Å². The summed E-state index contributed by atoms with van der Waals surface area (Å²) in [5.41, 5.74) is 1.66. The van der Waals surface area contributed by atoms with Crippen LogP contribution in [-0.4, -0.2) is 52.8 Å². The molecule has 2 fully saturated rings. The molecule has 0 N–H and O–H groups in total. The number of hydrogen-bond acceptors (Lipinski definition) is 4. The Hall–Kier alpha value is -1.92. The molecule has 1 aromatic heterocycles. The molecular weight excluding hydrogens is 370 g/mol. The monoisotopic (exact) mass is 389 g/mol. The van der Waals surface area contributed by atoms with Gasteiger partial charge in [0.1, 0.15) is 5.01 Å². The van der Waals surface area contributed by atoms with Gasteiger partial charge in [-0.25, -0.2) is 4.98 Å². The third-order valence-corrected chi connectivity index (χ3v) is 6.11. The number of piperazine rings is 1. The van der Waals surface area contributed by atoms with Crippen LogP contribution in [-0.2, 0) is 16.0 Å². The average Bonchev–Trinajstić information content (AvgIpc) is 3.41. The summed E-state index contributed by atoms with van der Waals surface area (Å²) in [4.78, 5) is 33.0. The maximum absolute atomic E-state index is 12.6. The van der Waals surface area contributed by atoms with Gasteiger partial charge >= 0.3 is 0 Å². The molecule has 2 amide bonds. The van der Waals surface area contributed by atoms with Crippen LogP contribution in [0, 0.1) is 5.92 Å². The number of rotatable bonds is 4. The average molecular weight is 390 g/mol. The molecule has 2 aromatic rings. The van der Waals surface area contributed by atoms with Gasteiger partial charge in [0.05, 0.1) is 17.1 Å². The van der Waals surface area contributed by atoms with Crippen molar-refractivity contribution in [1.82, 2.24) is 14.8 Å². The molecule has 1 aromatic carbocycles. The maximum Gasteiger partial charge on any atom is 0.228 e. The molecule has 4 rings (SSSR count). The molecule has 5 nitrogen and oxygen atoms in total. The fraction of sp³-hybridized carbons (Fsp3) is 0.421. The largest absolute Gasteiger partial charge is 0.339 e. The summed E-state index contributed by atoms with van der Waals surface area (Å²) in [5.74, 6) is 0.580. The first-order valence-electron chi connectivity index (χ1n) is 8.87. The first-order valence-corrected chi connectivity index (χ1v) is 10.1. The van der Waals surface area contributed by atoms with Crippen LogP contribution in [0.4, 0.5) is 0 Å². The van der Waals surface area contributed by atoms with Crippen LogP contribution < -0.4 is 0 Å². The van der Waals surface area contributed by atoms with E-state index in [0.717, 1.165) is 29.1 Å². The van der Waals surface area contributed by atoms with Crippen LogP contribution in [0.25, 0.3) is 10.6 Å². The molecule has 0 radical (unpaired) electrons. The predicted molar refractivity (Wildman–Crippen MR) is 102 cm³/mol. The number of carbonyl (C=O) groups excluding carboxylic acids is 2. The third kappa shape index (κ3) is 3.76. The Labute approximate surface area is 161 Å². The van der Waals surface area contributed by atoms with Gasteiger partial charge in [-0.3, -0.25) is 9.59 Å². The number of carbonyl (C=O) groups is 2. The van der Waals surface area contributed by atoms with Crippen molar-refractivity contribution in [2.75, 3.05) is 26.2 Å². The van der Waals surface area contributed by atoms with E-state index in [0.29, 0.717) is 31.2 Å². The Morgan fingerprint density at radius 2 is 1.81 bits per heavy atom. The van der Waals surface area contributed by atoms with Gasteiger partial charge in [-0.15, -0.1) is 11.3 Å². The summed E-state index contributed by atoms with van der Waals surface area (Å²) in [6, 6.07) is 7.59. The molecule has 7 heteroatoms. The standard InChI is InChI=1S/C19H20ClN3O2S/c20-16-4-2-1-3-15(16)18-21-14(12-26-18)11-17(24)22-7-9-23(10-8-22)19(25)13-5-6-13/h1-4,12-13H,5-11H2. The van der Waals surface area contributed by atoms with Crippen molar-refractivity contribution in [3.8, 4) is 10.6 Å². The van der Waals surface area contributed by atoms with E-state index >= 15 is 0 Å². The number of benzene rings is 1. The molecule has 26 heavy (non-hydrogen) atoms. The van der Waals surface area contributed by atoms with E-state index in [4.69, 9.17) is 11.6 Å². The number of hydrogen-bond donors (Lipinski definition) is 0. The van der Waals surface area contributed by atoms with Crippen LogP contribution >= 0.6 is 22.9 Å². The van der Waals surface area contributed by atoms with Crippen molar-refractivity contribution in [3.05, 3.63) is 40.4 Å². The van der Waals surface area contributed by atoms with Crippen molar-refractivity contribution in [1.29, 1.82) is 0 Å². The summed E-state index contributed by atoms with van der Waals surface area (Å²) in [7, 11) is 0. The Bertz CT molecular complexity index is 826. The molecule has 0 unspecified atom stereocenters. The minimum Gasteiger partial charge on any atom is -0.339 e. The van der Waals surface area contributed by atoms with Gasteiger partial charge in [-0.1, -0.05) is 29.8 Å². The Kier molecular flexibility index (Phi) is 4.96. The van der Waals surface area contributed by atoms with Crippen LogP contribution in [0.5, 0.6) is 0 Å². The summed E-state index contributed by atoms with van der Waals surface area (Å²) in [5, 5.41) is 3.41. The second-order valence-corrected chi connectivity index (χ2v) is 8.05. The zero-order valence-corrected chi connectivity index (χ0v) is 15.9. The second-order valence-electron chi connectivity index (χ2n) is 6.78. The van der Waals surface area contributed by atoms with Gasteiger partial charge in [0.2, 0.25) is 11.8 Å². The minimum absolute atomic E-state index is 0.0690. The highest BCUT2D eigenvalue weighted by atomic mass is 35.5. The van der Waals surface area contributed by atoms with Crippen LogP contribution in [0.1, 0.15) is 18.5 Å². The predicted octanol–water partition coefficient (Wildman–Crippen LogP) is 3.09. The van der Waals surface area contributed by atoms with E-state index < -0.39 is 0 Å². The summed E-state index contributed by atoms with van der Waals surface area (Å²) >= 11 is 7.72. The van der Waals surface area contributed by atoms with Gasteiger partial charge in [0.15, 0.2) is 0 Å². The second kappa shape index (κ2) is 7.37. The number of nitrogens with zero attached hydrogens (tertiary/aromatic N) is 3. The summed E-state index contributed by atoms with van der Waals surface area (Å²) in [6.45, 7) is 2.50. The number of halogens is 1.